The van der Waals surface area contributed by atoms with Gasteiger partial charge in [-0.05, 0) is 49.9 Å². The Labute approximate surface area is 140 Å². The first-order valence-electron chi connectivity index (χ1n) is 7.41. The number of nitrogens with zero attached hydrogens (tertiary/aromatic N) is 1. The average Bonchev–Trinajstić information content (AvgIpc) is 2.67. The van der Waals surface area contributed by atoms with Crippen molar-refractivity contribution < 1.29 is 32.4 Å². The molecule has 0 saturated carbocycles. The number of nitrogens with one attached hydrogen (secondary N) is 1. The Kier molecular flexibility index (Phi) is 5.50. The monoisotopic (exact) mass is 360 g/mol. The molecule has 1 aliphatic rings. The minimum absolute atomic E-state index is 0.0157. The molecular weight excluding hydrogens is 345 g/mol. The summed E-state index contributed by atoms with van der Waals surface area (Å²) in [6.45, 7) is 1.51. The number of nitro groups is 1. The molecule has 2 rings (SSSR count). The molecule has 1 heterocycles. The van der Waals surface area contributed by atoms with Crippen molar-refractivity contribution in [2.24, 2.45) is 0 Å². The van der Waals surface area contributed by atoms with Crippen molar-refractivity contribution in [3.63, 3.8) is 0 Å². The SMILES string of the molecule is CCOC(=O)/C(=C1\CCCc2cc(OC(F)(F)F)ccc2N1)[N+](=O)[O-]. The number of aryl methyl sites for hydroxylation is 1. The number of rotatable bonds is 4. The van der Waals surface area contributed by atoms with Crippen LogP contribution >= 0.6 is 0 Å². The summed E-state index contributed by atoms with van der Waals surface area (Å²) in [5, 5.41) is 14.0. The summed E-state index contributed by atoms with van der Waals surface area (Å²) in [5.41, 5.74) is 0.242. The number of carbonyl (C=O) groups excluding carboxylic acids is 1. The average molecular weight is 360 g/mol. The standard InChI is InChI=1S/C15H15F3N2O5/c1-2-24-14(21)13(20(22)23)12-5-3-4-9-8-10(25-15(16,17)18)6-7-11(9)19-12/h6-8,19H,2-5H2,1H3/b13-12-. The summed E-state index contributed by atoms with van der Waals surface area (Å²) in [6.07, 6.45) is -3.85. The lowest BCUT2D eigenvalue weighted by Crippen LogP contribution is -2.20. The van der Waals surface area contributed by atoms with E-state index in [-0.39, 0.29) is 24.5 Å². The molecule has 0 aromatic heterocycles. The minimum atomic E-state index is -4.81. The van der Waals surface area contributed by atoms with Crippen LogP contribution in [0.25, 0.3) is 0 Å². The number of carbonyl (C=O) groups is 1. The third-order valence-corrected chi connectivity index (χ3v) is 3.41. The van der Waals surface area contributed by atoms with Crippen LogP contribution < -0.4 is 10.1 Å². The summed E-state index contributed by atoms with van der Waals surface area (Å²) >= 11 is 0. The van der Waals surface area contributed by atoms with Crippen LogP contribution in [0.5, 0.6) is 5.75 Å². The largest absolute Gasteiger partial charge is 0.573 e. The number of esters is 1. The van der Waals surface area contributed by atoms with Crippen molar-refractivity contribution in [3.05, 3.63) is 45.3 Å². The molecule has 1 aliphatic heterocycles. The highest BCUT2D eigenvalue weighted by molar-refractivity contribution is 5.87. The maximum atomic E-state index is 12.3. The predicted molar refractivity (Wildman–Crippen MR) is 80.3 cm³/mol. The first-order chi connectivity index (χ1) is 11.7. The number of halogens is 3. The summed E-state index contributed by atoms with van der Waals surface area (Å²) in [6, 6.07) is 3.64. The molecular formula is C15H15F3N2O5. The second-order valence-corrected chi connectivity index (χ2v) is 5.15. The van der Waals surface area contributed by atoms with Gasteiger partial charge in [-0.1, -0.05) is 0 Å². The van der Waals surface area contributed by atoms with Gasteiger partial charge in [-0.3, -0.25) is 10.1 Å². The van der Waals surface area contributed by atoms with Crippen molar-refractivity contribution in [1.82, 2.24) is 0 Å². The molecule has 0 fully saturated rings. The van der Waals surface area contributed by atoms with E-state index in [0.29, 0.717) is 24.1 Å². The van der Waals surface area contributed by atoms with E-state index in [4.69, 9.17) is 4.74 Å². The Hall–Kier alpha value is -2.78. The van der Waals surface area contributed by atoms with Crippen molar-refractivity contribution in [2.45, 2.75) is 32.5 Å². The highest BCUT2D eigenvalue weighted by Gasteiger charge is 2.32. The van der Waals surface area contributed by atoms with Gasteiger partial charge in [-0.2, -0.15) is 0 Å². The molecule has 7 nitrogen and oxygen atoms in total. The van der Waals surface area contributed by atoms with Gasteiger partial charge < -0.3 is 14.8 Å². The fraction of sp³-hybridized carbons (Fsp3) is 0.400. The Balaban J connectivity index is 2.35. The summed E-state index contributed by atoms with van der Waals surface area (Å²) in [7, 11) is 0. The highest BCUT2D eigenvalue weighted by Crippen LogP contribution is 2.32. The molecule has 0 atom stereocenters. The zero-order chi connectivity index (χ0) is 18.6. The van der Waals surface area contributed by atoms with Gasteiger partial charge in [-0.25, -0.2) is 4.79 Å². The number of hydrogen-bond acceptors (Lipinski definition) is 6. The summed E-state index contributed by atoms with van der Waals surface area (Å²) < 4.78 is 45.5. The molecule has 0 spiro atoms. The molecule has 0 aliphatic carbocycles. The van der Waals surface area contributed by atoms with E-state index >= 15 is 0 Å². The molecule has 0 amide bonds. The van der Waals surface area contributed by atoms with Gasteiger partial charge in [0.15, 0.2) is 0 Å². The van der Waals surface area contributed by atoms with Crippen LogP contribution in [0.4, 0.5) is 18.9 Å². The predicted octanol–water partition coefficient (Wildman–Crippen LogP) is 3.38. The zero-order valence-corrected chi connectivity index (χ0v) is 13.2. The second kappa shape index (κ2) is 7.41. The van der Waals surface area contributed by atoms with E-state index in [1.54, 1.807) is 0 Å². The first-order valence-corrected chi connectivity index (χ1v) is 7.41. The maximum Gasteiger partial charge on any atom is 0.573 e. The van der Waals surface area contributed by atoms with Gasteiger partial charge in [0.1, 0.15) is 11.4 Å². The van der Waals surface area contributed by atoms with E-state index in [9.17, 15) is 28.1 Å². The van der Waals surface area contributed by atoms with E-state index in [1.807, 2.05) is 0 Å². The van der Waals surface area contributed by atoms with E-state index in [1.165, 1.54) is 19.1 Å². The molecule has 0 saturated heterocycles. The van der Waals surface area contributed by atoms with Gasteiger partial charge in [0.05, 0.1) is 11.5 Å². The van der Waals surface area contributed by atoms with Gasteiger partial charge in [0.25, 0.3) is 0 Å². The number of hydrogen-bond donors (Lipinski definition) is 1. The number of ether oxygens (including phenoxy) is 2. The maximum absolute atomic E-state index is 12.3. The quantitative estimate of drug-likeness (QED) is 0.383. The lowest BCUT2D eigenvalue weighted by molar-refractivity contribution is -0.422. The van der Waals surface area contributed by atoms with Crippen molar-refractivity contribution in [1.29, 1.82) is 0 Å². The van der Waals surface area contributed by atoms with Crippen LogP contribution in [0.3, 0.4) is 0 Å². The fourth-order valence-electron chi connectivity index (χ4n) is 2.46. The Morgan fingerprint density at radius 1 is 1.36 bits per heavy atom. The van der Waals surface area contributed by atoms with Gasteiger partial charge in [-0.15, -0.1) is 13.2 Å². The highest BCUT2D eigenvalue weighted by atomic mass is 19.4. The summed E-state index contributed by atoms with van der Waals surface area (Å²) in [4.78, 5) is 22.2. The van der Waals surface area contributed by atoms with Crippen molar-refractivity contribution in [2.75, 3.05) is 11.9 Å². The van der Waals surface area contributed by atoms with Crippen LogP contribution in [0.15, 0.2) is 29.6 Å². The van der Waals surface area contributed by atoms with Crippen LogP contribution in [0.2, 0.25) is 0 Å². The van der Waals surface area contributed by atoms with Crippen molar-refractivity contribution in [3.8, 4) is 5.75 Å². The van der Waals surface area contributed by atoms with Crippen LogP contribution in [0, 0.1) is 10.1 Å². The molecule has 0 radical (unpaired) electrons. The Morgan fingerprint density at radius 3 is 2.68 bits per heavy atom. The molecule has 1 aromatic carbocycles. The number of anilines is 1. The molecule has 1 N–H and O–H groups in total. The number of alkyl halides is 3. The van der Waals surface area contributed by atoms with E-state index in [0.717, 1.165) is 6.07 Å². The second-order valence-electron chi connectivity index (χ2n) is 5.15. The Morgan fingerprint density at radius 2 is 2.08 bits per heavy atom. The van der Waals surface area contributed by atoms with Gasteiger partial charge >= 0.3 is 18.0 Å². The van der Waals surface area contributed by atoms with E-state index < -0.39 is 23.0 Å². The van der Waals surface area contributed by atoms with E-state index in [2.05, 4.69) is 10.1 Å². The third kappa shape index (κ3) is 4.85. The molecule has 136 valence electrons. The normalized spacial score (nSPS) is 16.2. The number of fused-ring (bicyclic) bond motifs is 1. The van der Waals surface area contributed by atoms with Crippen LogP contribution in [-0.4, -0.2) is 23.9 Å². The lowest BCUT2D eigenvalue weighted by Gasteiger charge is -2.13. The molecule has 10 heteroatoms. The van der Waals surface area contributed by atoms with Crippen LogP contribution in [-0.2, 0) is 16.0 Å². The fourth-order valence-corrected chi connectivity index (χ4v) is 2.46. The summed E-state index contributed by atoms with van der Waals surface area (Å²) in [5.74, 6) is -1.43. The minimum Gasteiger partial charge on any atom is -0.458 e. The van der Waals surface area contributed by atoms with Gasteiger partial charge in [0, 0.05) is 5.69 Å². The molecule has 25 heavy (non-hydrogen) atoms. The number of allylic oxidation sites excluding steroid dienone is 1. The lowest BCUT2D eigenvalue weighted by atomic mass is 10.1. The van der Waals surface area contributed by atoms with Crippen molar-refractivity contribution >= 4 is 11.7 Å². The number of benzene rings is 1. The first kappa shape index (κ1) is 18.6. The third-order valence-electron chi connectivity index (χ3n) is 3.41. The molecule has 1 aromatic rings. The Bertz CT molecular complexity index is 716. The van der Waals surface area contributed by atoms with Crippen LogP contribution in [0.1, 0.15) is 25.3 Å². The van der Waals surface area contributed by atoms with Gasteiger partial charge in [0.2, 0.25) is 0 Å². The zero-order valence-electron chi connectivity index (χ0n) is 13.2. The molecule has 0 unspecified atom stereocenters. The smallest absolute Gasteiger partial charge is 0.458 e. The molecule has 0 bridgehead atoms. The topological polar surface area (TPSA) is 90.7 Å².